The Morgan fingerprint density at radius 1 is 1.29 bits per heavy atom. The van der Waals surface area contributed by atoms with E-state index in [1.54, 1.807) is 0 Å². The standard InChI is InChI=1S/C15H22N2/c1-12-6-7-13(2)14(10-12)17-9-5-8-15(3,4)11-16/h6-7,10,17H,5,8-9H2,1-4H3. The first-order chi connectivity index (χ1) is 7.94. The van der Waals surface area contributed by atoms with E-state index in [1.807, 2.05) is 13.8 Å². The van der Waals surface area contributed by atoms with Gasteiger partial charge in [0.15, 0.2) is 0 Å². The molecule has 92 valence electrons. The summed E-state index contributed by atoms with van der Waals surface area (Å²) in [4.78, 5) is 0. The van der Waals surface area contributed by atoms with Gasteiger partial charge in [-0.1, -0.05) is 12.1 Å². The minimum absolute atomic E-state index is 0.205. The lowest BCUT2D eigenvalue weighted by Gasteiger charge is -2.16. The predicted octanol–water partition coefficient (Wildman–Crippen LogP) is 4.05. The Hall–Kier alpha value is -1.49. The first-order valence-corrected chi connectivity index (χ1v) is 6.17. The van der Waals surface area contributed by atoms with Gasteiger partial charge in [-0.2, -0.15) is 5.26 Å². The second-order valence-electron chi connectivity index (χ2n) is 5.34. The largest absolute Gasteiger partial charge is 0.385 e. The number of hydrogen-bond acceptors (Lipinski definition) is 2. The van der Waals surface area contributed by atoms with Gasteiger partial charge in [-0.15, -0.1) is 0 Å². The zero-order valence-electron chi connectivity index (χ0n) is 11.3. The van der Waals surface area contributed by atoms with Crippen LogP contribution < -0.4 is 5.32 Å². The van der Waals surface area contributed by atoms with E-state index in [2.05, 4.69) is 43.4 Å². The van der Waals surface area contributed by atoms with Crippen molar-refractivity contribution < 1.29 is 0 Å². The van der Waals surface area contributed by atoms with Gasteiger partial charge in [-0.25, -0.2) is 0 Å². The fourth-order valence-corrected chi connectivity index (χ4v) is 1.74. The maximum Gasteiger partial charge on any atom is 0.0683 e. The number of hydrogen-bond donors (Lipinski definition) is 1. The van der Waals surface area contributed by atoms with Crippen LogP contribution >= 0.6 is 0 Å². The zero-order valence-corrected chi connectivity index (χ0v) is 11.3. The van der Waals surface area contributed by atoms with E-state index in [9.17, 15) is 0 Å². The molecule has 1 rings (SSSR count). The van der Waals surface area contributed by atoms with Crippen molar-refractivity contribution in [3.05, 3.63) is 29.3 Å². The Labute approximate surface area is 105 Å². The molecule has 0 amide bonds. The third kappa shape index (κ3) is 4.48. The van der Waals surface area contributed by atoms with Crippen LogP contribution in [0.2, 0.25) is 0 Å². The summed E-state index contributed by atoms with van der Waals surface area (Å²) >= 11 is 0. The lowest BCUT2D eigenvalue weighted by atomic mass is 9.90. The molecule has 1 aromatic carbocycles. The summed E-state index contributed by atoms with van der Waals surface area (Å²) < 4.78 is 0. The van der Waals surface area contributed by atoms with E-state index >= 15 is 0 Å². The average molecular weight is 230 g/mol. The Bertz CT molecular complexity index is 413. The van der Waals surface area contributed by atoms with Gasteiger partial charge >= 0.3 is 0 Å². The molecule has 0 aromatic heterocycles. The van der Waals surface area contributed by atoms with E-state index in [4.69, 9.17) is 5.26 Å². The molecule has 2 heteroatoms. The fraction of sp³-hybridized carbons (Fsp3) is 0.533. The molecule has 0 unspecified atom stereocenters. The second-order valence-corrected chi connectivity index (χ2v) is 5.34. The molecule has 0 atom stereocenters. The van der Waals surface area contributed by atoms with Crippen LogP contribution in [0.3, 0.4) is 0 Å². The molecule has 0 fully saturated rings. The first-order valence-electron chi connectivity index (χ1n) is 6.17. The van der Waals surface area contributed by atoms with Crippen LogP contribution in [0, 0.1) is 30.6 Å². The minimum Gasteiger partial charge on any atom is -0.385 e. The van der Waals surface area contributed by atoms with Crippen LogP contribution in [-0.2, 0) is 0 Å². The molecule has 1 N–H and O–H groups in total. The normalized spacial score (nSPS) is 11.0. The fourth-order valence-electron chi connectivity index (χ4n) is 1.74. The van der Waals surface area contributed by atoms with Crippen molar-refractivity contribution in [2.75, 3.05) is 11.9 Å². The van der Waals surface area contributed by atoms with Gasteiger partial charge in [-0.05, 0) is 57.7 Å². The van der Waals surface area contributed by atoms with Crippen molar-refractivity contribution in [1.82, 2.24) is 0 Å². The van der Waals surface area contributed by atoms with Gasteiger partial charge in [0, 0.05) is 12.2 Å². The highest BCUT2D eigenvalue weighted by Crippen LogP contribution is 2.21. The van der Waals surface area contributed by atoms with Crippen molar-refractivity contribution in [2.45, 2.75) is 40.5 Å². The van der Waals surface area contributed by atoms with Crippen LogP contribution in [0.4, 0.5) is 5.69 Å². The van der Waals surface area contributed by atoms with Crippen molar-refractivity contribution in [3.8, 4) is 6.07 Å². The van der Waals surface area contributed by atoms with E-state index in [-0.39, 0.29) is 5.41 Å². The lowest BCUT2D eigenvalue weighted by molar-refractivity contribution is 0.441. The van der Waals surface area contributed by atoms with Gasteiger partial charge < -0.3 is 5.32 Å². The molecule has 0 radical (unpaired) electrons. The van der Waals surface area contributed by atoms with Gasteiger partial charge in [0.05, 0.1) is 11.5 Å². The van der Waals surface area contributed by atoms with Gasteiger partial charge in [0.25, 0.3) is 0 Å². The molecule has 0 aliphatic heterocycles. The quantitative estimate of drug-likeness (QED) is 0.775. The van der Waals surface area contributed by atoms with Crippen molar-refractivity contribution in [2.24, 2.45) is 5.41 Å². The first kappa shape index (κ1) is 13.6. The maximum atomic E-state index is 8.92. The smallest absolute Gasteiger partial charge is 0.0683 e. The van der Waals surface area contributed by atoms with Crippen LogP contribution in [-0.4, -0.2) is 6.54 Å². The van der Waals surface area contributed by atoms with Gasteiger partial charge in [0.2, 0.25) is 0 Å². The molecule has 0 heterocycles. The molecule has 2 nitrogen and oxygen atoms in total. The molecule has 0 spiro atoms. The molecule has 0 aliphatic rings. The SMILES string of the molecule is Cc1ccc(C)c(NCCCC(C)(C)C#N)c1. The Morgan fingerprint density at radius 2 is 2.00 bits per heavy atom. The van der Waals surface area contributed by atoms with Crippen LogP contribution in [0.25, 0.3) is 0 Å². The van der Waals surface area contributed by atoms with E-state index in [0.29, 0.717) is 0 Å². The number of nitriles is 1. The second kappa shape index (κ2) is 5.72. The molecule has 17 heavy (non-hydrogen) atoms. The van der Waals surface area contributed by atoms with Gasteiger partial charge in [0.1, 0.15) is 0 Å². The van der Waals surface area contributed by atoms with E-state index in [0.717, 1.165) is 19.4 Å². The minimum atomic E-state index is -0.205. The summed E-state index contributed by atoms with van der Waals surface area (Å²) in [6, 6.07) is 8.76. The Morgan fingerprint density at radius 3 is 2.65 bits per heavy atom. The summed E-state index contributed by atoms with van der Waals surface area (Å²) in [7, 11) is 0. The molecule has 0 saturated heterocycles. The summed E-state index contributed by atoms with van der Waals surface area (Å²) in [6.45, 7) is 9.12. The van der Waals surface area contributed by atoms with Crippen LogP contribution in [0.1, 0.15) is 37.8 Å². The monoisotopic (exact) mass is 230 g/mol. The number of nitrogens with one attached hydrogen (secondary N) is 1. The molecule has 0 aliphatic carbocycles. The molecule has 0 saturated carbocycles. The molecule has 0 bridgehead atoms. The number of nitrogens with zero attached hydrogens (tertiary/aromatic N) is 1. The molecule has 1 aromatic rings. The van der Waals surface area contributed by atoms with Crippen molar-refractivity contribution in [1.29, 1.82) is 5.26 Å². The number of benzene rings is 1. The number of anilines is 1. The Balaban J connectivity index is 2.42. The van der Waals surface area contributed by atoms with Gasteiger partial charge in [-0.3, -0.25) is 0 Å². The number of aryl methyl sites for hydroxylation is 2. The van der Waals surface area contributed by atoms with Crippen LogP contribution in [0.15, 0.2) is 18.2 Å². The third-order valence-corrected chi connectivity index (χ3v) is 2.99. The van der Waals surface area contributed by atoms with Crippen molar-refractivity contribution >= 4 is 5.69 Å². The lowest BCUT2D eigenvalue weighted by Crippen LogP contribution is -2.11. The highest BCUT2D eigenvalue weighted by Gasteiger charge is 2.15. The summed E-state index contributed by atoms with van der Waals surface area (Å²) in [5.74, 6) is 0. The predicted molar refractivity (Wildman–Crippen MR) is 73.0 cm³/mol. The highest BCUT2D eigenvalue weighted by atomic mass is 14.9. The van der Waals surface area contributed by atoms with Crippen LogP contribution in [0.5, 0.6) is 0 Å². The van der Waals surface area contributed by atoms with Crippen molar-refractivity contribution in [3.63, 3.8) is 0 Å². The average Bonchev–Trinajstić information content (AvgIpc) is 2.29. The Kier molecular flexibility index (Phi) is 4.57. The van der Waals surface area contributed by atoms with E-state index in [1.165, 1.54) is 16.8 Å². The molecular weight excluding hydrogens is 208 g/mol. The number of rotatable bonds is 5. The summed E-state index contributed by atoms with van der Waals surface area (Å²) in [5.41, 5.74) is 3.55. The third-order valence-electron chi connectivity index (χ3n) is 2.99. The zero-order chi connectivity index (χ0) is 12.9. The molecular formula is C15H22N2. The van der Waals surface area contributed by atoms with E-state index < -0.39 is 0 Å². The summed E-state index contributed by atoms with van der Waals surface area (Å²) in [5, 5.41) is 12.4. The summed E-state index contributed by atoms with van der Waals surface area (Å²) in [6.07, 6.45) is 1.95. The topological polar surface area (TPSA) is 35.8 Å². The highest BCUT2D eigenvalue weighted by molar-refractivity contribution is 5.52. The maximum absolute atomic E-state index is 8.92.